The van der Waals surface area contributed by atoms with Crippen molar-refractivity contribution in [3.63, 3.8) is 0 Å². The summed E-state index contributed by atoms with van der Waals surface area (Å²) < 4.78 is 59.7. The Labute approximate surface area is 341 Å². The van der Waals surface area contributed by atoms with Gasteiger partial charge in [-0.15, -0.1) is 0 Å². The highest BCUT2D eigenvalue weighted by molar-refractivity contribution is 7.60. The van der Waals surface area contributed by atoms with E-state index in [1.54, 1.807) is 6.08 Å². The molecule has 2 aliphatic carbocycles. The summed E-state index contributed by atoms with van der Waals surface area (Å²) in [6, 6.07) is 0. The fourth-order valence-corrected chi connectivity index (χ4v) is 10.8. The predicted octanol–water partition coefficient (Wildman–Crippen LogP) is 9.81. The minimum absolute atomic E-state index is 0.252. The molecule has 2 rings (SSSR count). The molecule has 0 heterocycles. The molecule has 2 aliphatic rings. The number of unbranched alkanes of at least 4 members (excludes halogenated alkanes) is 1. The number of phosphoric acid groups is 4. The molecule has 0 spiro atoms. The van der Waals surface area contributed by atoms with Crippen molar-refractivity contribution in [3.8, 4) is 0 Å². The van der Waals surface area contributed by atoms with Gasteiger partial charge in [0, 0.05) is 0 Å². The van der Waals surface area contributed by atoms with Crippen LogP contribution in [0.4, 0.5) is 0 Å². The van der Waals surface area contributed by atoms with Crippen molar-refractivity contribution in [2.75, 3.05) is 13.2 Å². The van der Waals surface area contributed by atoms with E-state index in [2.05, 4.69) is 90.1 Å². The monoisotopic (exact) mass is 883 g/mol. The van der Waals surface area contributed by atoms with E-state index in [9.17, 15) is 37.8 Å². The van der Waals surface area contributed by atoms with E-state index in [-0.39, 0.29) is 18.6 Å². The Morgan fingerprint density at radius 1 is 0.754 bits per heavy atom. The van der Waals surface area contributed by atoms with E-state index < -0.39 is 31.3 Å². The van der Waals surface area contributed by atoms with Crippen LogP contribution in [0.15, 0.2) is 70.9 Å². The van der Waals surface area contributed by atoms with Gasteiger partial charge in [-0.1, -0.05) is 98.1 Å². The van der Waals surface area contributed by atoms with Crippen LogP contribution in [-0.4, -0.2) is 27.9 Å². The average Bonchev–Trinajstić information content (AvgIpc) is 3.01. The zero-order chi connectivity index (χ0) is 43.7. The van der Waals surface area contributed by atoms with Crippen LogP contribution >= 0.6 is 31.3 Å². The number of fused-ring (bicyclic) bond motifs is 1. The Kier molecular flexibility index (Phi) is 23.1. The van der Waals surface area contributed by atoms with Crippen LogP contribution in [0.5, 0.6) is 0 Å². The average molecular weight is 884 g/mol. The second kappa shape index (κ2) is 24.4. The molecule has 0 aromatic carbocycles. The van der Waals surface area contributed by atoms with Gasteiger partial charge in [-0.3, -0.25) is 13.4 Å². The summed E-state index contributed by atoms with van der Waals surface area (Å²) in [6.45, 7) is 21.0. The smallest absolute Gasteiger partial charge is 0.481 e. The normalized spacial score (nSPS) is 24.2. The molecule has 3 N–H and O–H groups in total. The Morgan fingerprint density at radius 2 is 1.32 bits per heavy atom. The molecule has 0 saturated heterocycles. The highest BCUT2D eigenvalue weighted by Crippen LogP contribution is 2.62. The SMILES string of the molecule is C=C1CC[C@@H]2C(C)(C)CCC[C@@]2(C)[C@@H]1CC/C(C)=C/COP(=O)(O)OP(=O)(O)O.CC(C)=CCC/C=C/CC/C(C)=C/CC/C(C)=C/COP(=O)([O-])OP(=O)([O-])[O-]. The fourth-order valence-electron chi connectivity index (χ4n) is 7.90. The van der Waals surface area contributed by atoms with Crippen LogP contribution < -0.4 is 14.7 Å². The molecule has 0 radical (unpaired) electrons. The lowest BCUT2D eigenvalue weighted by molar-refractivity contribution is -0.339. The van der Waals surface area contributed by atoms with Gasteiger partial charge in [-0.25, -0.2) is 9.13 Å². The quantitative estimate of drug-likeness (QED) is 0.0521. The number of phosphoric ester groups is 2. The van der Waals surface area contributed by atoms with E-state index in [4.69, 9.17) is 9.79 Å². The fraction of sp³-hybridized carbons (Fsp3) is 0.692. The van der Waals surface area contributed by atoms with E-state index in [0.29, 0.717) is 23.7 Å². The van der Waals surface area contributed by atoms with Crippen molar-refractivity contribution < 1.29 is 65.3 Å². The van der Waals surface area contributed by atoms with Gasteiger partial charge in [0.15, 0.2) is 0 Å². The summed E-state index contributed by atoms with van der Waals surface area (Å²) in [5.41, 5.74) is 6.45. The molecule has 0 aliphatic heterocycles. The maximum Gasteiger partial charge on any atom is 0.481 e. The van der Waals surface area contributed by atoms with Gasteiger partial charge in [0.05, 0.1) is 21.0 Å². The van der Waals surface area contributed by atoms with E-state index >= 15 is 0 Å². The van der Waals surface area contributed by atoms with E-state index in [0.717, 1.165) is 62.5 Å². The van der Waals surface area contributed by atoms with Gasteiger partial charge in [0.25, 0.3) is 7.82 Å². The van der Waals surface area contributed by atoms with Crippen molar-refractivity contribution >= 4 is 31.3 Å². The van der Waals surface area contributed by atoms with Gasteiger partial charge >= 0.3 is 15.6 Å². The van der Waals surface area contributed by atoms with Gasteiger partial charge in [-0.05, 0) is 134 Å². The highest BCUT2D eigenvalue weighted by Gasteiger charge is 2.52. The zero-order valence-corrected chi connectivity index (χ0v) is 38.6. The Bertz CT molecular complexity index is 1650. The molecule has 0 aromatic heterocycles. The van der Waals surface area contributed by atoms with Crippen molar-refractivity contribution in [2.45, 2.75) is 139 Å². The molecular formula is C39H67O14P4-3. The summed E-state index contributed by atoms with van der Waals surface area (Å²) in [5, 5.41) is 0. The van der Waals surface area contributed by atoms with E-state index in [1.165, 1.54) is 48.5 Å². The number of rotatable bonds is 22. The molecule has 14 nitrogen and oxygen atoms in total. The minimum Gasteiger partial charge on any atom is -0.790 e. The molecule has 2 saturated carbocycles. The third-order valence-corrected chi connectivity index (χ3v) is 14.9. The summed E-state index contributed by atoms with van der Waals surface area (Å²) >= 11 is 0. The molecule has 0 aromatic rings. The topological polar surface area (TPSA) is 235 Å². The first-order valence-electron chi connectivity index (χ1n) is 19.4. The third kappa shape index (κ3) is 23.5. The molecule has 0 bridgehead atoms. The first-order chi connectivity index (χ1) is 26.1. The summed E-state index contributed by atoms with van der Waals surface area (Å²) in [5.74, 6) is 1.14. The number of allylic oxidation sites excluding steroid dienone is 9. The van der Waals surface area contributed by atoms with Crippen LogP contribution in [-0.2, 0) is 35.9 Å². The van der Waals surface area contributed by atoms with Gasteiger partial charge in [0.1, 0.15) is 0 Å². The molecule has 57 heavy (non-hydrogen) atoms. The number of hydrogen-bond acceptors (Lipinski definition) is 11. The minimum atomic E-state index is -5.64. The molecule has 2 unspecified atom stereocenters. The van der Waals surface area contributed by atoms with Crippen LogP contribution in [0.3, 0.4) is 0 Å². The van der Waals surface area contributed by atoms with Crippen molar-refractivity contribution in [2.24, 2.45) is 22.7 Å². The first-order valence-corrected chi connectivity index (χ1v) is 25.4. The summed E-state index contributed by atoms with van der Waals surface area (Å²) in [6.07, 6.45) is 25.4. The first kappa shape index (κ1) is 54.0. The lowest BCUT2D eigenvalue weighted by Gasteiger charge is -2.58. The van der Waals surface area contributed by atoms with Crippen LogP contribution in [0.25, 0.3) is 0 Å². The second-order valence-electron chi connectivity index (χ2n) is 16.4. The Morgan fingerprint density at radius 3 is 1.91 bits per heavy atom. The van der Waals surface area contributed by atoms with Crippen molar-refractivity contribution in [3.05, 3.63) is 70.9 Å². The second-order valence-corrected chi connectivity index (χ2v) is 21.9. The van der Waals surface area contributed by atoms with Gasteiger partial charge < -0.3 is 38.4 Å². The largest absolute Gasteiger partial charge is 0.790 e. The molecule has 0 amide bonds. The lowest BCUT2D eigenvalue weighted by atomic mass is 9.47. The predicted molar refractivity (Wildman–Crippen MR) is 219 cm³/mol. The molecule has 18 heteroatoms. The van der Waals surface area contributed by atoms with E-state index in [1.807, 2.05) is 13.8 Å². The van der Waals surface area contributed by atoms with Crippen LogP contribution in [0.2, 0.25) is 0 Å². The maximum atomic E-state index is 11.5. The van der Waals surface area contributed by atoms with Crippen LogP contribution in [0, 0.1) is 22.7 Å². The molecule has 2 fully saturated rings. The highest BCUT2D eigenvalue weighted by atomic mass is 31.3. The Balaban J connectivity index is 0.000000571. The summed E-state index contributed by atoms with van der Waals surface area (Å²) in [7, 11) is -20.7. The molecule has 330 valence electrons. The molecular weight excluding hydrogens is 816 g/mol. The number of hydrogen-bond donors (Lipinski definition) is 3. The van der Waals surface area contributed by atoms with Crippen LogP contribution in [0.1, 0.15) is 139 Å². The van der Waals surface area contributed by atoms with Gasteiger partial charge in [0.2, 0.25) is 0 Å². The third-order valence-electron chi connectivity index (χ3n) is 10.7. The molecule has 5 atom stereocenters. The van der Waals surface area contributed by atoms with Crippen molar-refractivity contribution in [1.29, 1.82) is 0 Å². The van der Waals surface area contributed by atoms with Gasteiger partial charge in [-0.2, -0.15) is 4.31 Å². The van der Waals surface area contributed by atoms with Crippen molar-refractivity contribution in [1.82, 2.24) is 0 Å². The Hall–Kier alpha value is -1.04. The standard InChI is InChI=1S/C20H36O7P2.C19H34O7P2/c1-15(11-14-26-29(24,25)27-28(21,22)23)7-9-17-16(2)8-10-18-19(3,4)12-6-13-20(17,18)5;1-17(2)11-8-6-5-7-9-12-18(3)13-10-14-19(4)15-16-25-28(23,24)26-27(20,21)22/h11,17-18H,2,6-10,12-14H2,1,3-5H3,(H,24,25)(H2,21,22,23);5,7,11,13,15H,6,8-10,12,14,16H2,1-4H3,(H,23,24)(H2,20,21,22)/p-3/b15-11+;7-5+,18-13+,19-15+/t17-,18-,20+;/m1./s1. The maximum absolute atomic E-state index is 11.5. The summed E-state index contributed by atoms with van der Waals surface area (Å²) in [4.78, 5) is 58.2. The lowest BCUT2D eigenvalue weighted by Crippen LogP contribution is -2.49. The zero-order valence-electron chi connectivity index (χ0n) is 35.1.